The minimum absolute atomic E-state index is 0.158. The lowest BCUT2D eigenvalue weighted by atomic mass is 10.2. The maximum Gasteiger partial charge on any atom is 0.246 e. The highest BCUT2D eigenvalue weighted by atomic mass is 16.5. The molecule has 1 atom stereocenters. The molecule has 0 bridgehead atoms. The molecule has 3 rings (SSSR count). The summed E-state index contributed by atoms with van der Waals surface area (Å²) in [5.74, 6) is 0.461. The summed E-state index contributed by atoms with van der Waals surface area (Å²) in [5.41, 5.74) is 2.29. The molecule has 2 aromatic carbocycles. The van der Waals surface area contributed by atoms with Gasteiger partial charge in [0.1, 0.15) is 18.1 Å². The molecule has 0 saturated heterocycles. The third kappa shape index (κ3) is 3.92. The largest absolute Gasteiger partial charge is 0.495 e. The number of aromatic nitrogens is 4. The summed E-state index contributed by atoms with van der Waals surface area (Å²) < 4.78 is 6.80. The molecule has 0 aliphatic carbocycles. The molecular weight excluding hydrogens is 320 g/mol. The number of tetrazole rings is 1. The molecule has 2 N–H and O–H groups in total. The number of rotatable bonds is 6. The lowest BCUT2D eigenvalue weighted by molar-refractivity contribution is -0.116. The number of anilines is 2. The Morgan fingerprint density at radius 1 is 1.16 bits per heavy atom. The van der Waals surface area contributed by atoms with E-state index in [1.165, 1.54) is 6.33 Å². The van der Waals surface area contributed by atoms with Crippen molar-refractivity contribution in [2.75, 3.05) is 17.7 Å². The number of benzene rings is 2. The van der Waals surface area contributed by atoms with Crippen LogP contribution in [0.1, 0.15) is 6.92 Å². The Bertz CT molecular complexity index is 833. The van der Waals surface area contributed by atoms with Crippen molar-refractivity contribution in [1.29, 1.82) is 0 Å². The van der Waals surface area contributed by atoms with Crippen molar-refractivity contribution < 1.29 is 9.53 Å². The smallest absolute Gasteiger partial charge is 0.246 e. The maximum atomic E-state index is 12.4. The van der Waals surface area contributed by atoms with E-state index in [9.17, 15) is 4.79 Å². The lowest BCUT2D eigenvalue weighted by Crippen LogP contribution is -2.32. The standard InChI is InChI=1S/C17H18N6O2/c1-12(17(24)20-15-5-3-4-6-16(15)25-2)19-13-7-9-14(10-8-13)23-11-18-21-22-23/h3-12,19H,1-2H3,(H,20,24)/t12-/m1/s1. The van der Waals surface area contributed by atoms with Gasteiger partial charge in [-0.3, -0.25) is 4.79 Å². The Balaban J connectivity index is 1.63. The highest BCUT2D eigenvalue weighted by Crippen LogP contribution is 2.23. The number of ether oxygens (including phenoxy) is 1. The predicted octanol–water partition coefficient (Wildman–Crippen LogP) is 2.11. The molecule has 8 heteroatoms. The lowest BCUT2D eigenvalue weighted by Gasteiger charge is -2.16. The van der Waals surface area contributed by atoms with Crippen molar-refractivity contribution >= 4 is 17.3 Å². The summed E-state index contributed by atoms with van der Waals surface area (Å²) in [6.45, 7) is 1.79. The van der Waals surface area contributed by atoms with Crippen LogP contribution in [0.25, 0.3) is 5.69 Å². The third-order valence-electron chi connectivity index (χ3n) is 3.62. The van der Waals surface area contributed by atoms with E-state index in [4.69, 9.17) is 4.74 Å². The first kappa shape index (κ1) is 16.4. The number of carbonyl (C=O) groups is 1. The Morgan fingerprint density at radius 2 is 1.92 bits per heavy atom. The minimum Gasteiger partial charge on any atom is -0.495 e. The summed E-state index contributed by atoms with van der Waals surface area (Å²) >= 11 is 0. The molecular formula is C17H18N6O2. The summed E-state index contributed by atoms with van der Waals surface area (Å²) in [4.78, 5) is 12.4. The zero-order chi connectivity index (χ0) is 17.6. The average molecular weight is 338 g/mol. The van der Waals surface area contributed by atoms with Gasteiger partial charge in [-0.1, -0.05) is 12.1 Å². The summed E-state index contributed by atoms with van der Waals surface area (Å²) in [6.07, 6.45) is 1.52. The van der Waals surface area contributed by atoms with Gasteiger partial charge in [0.25, 0.3) is 0 Å². The van der Waals surface area contributed by atoms with E-state index in [0.29, 0.717) is 11.4 Å². The molecule has 0 saturated carbocycles. The number of carbonyl (C=O) groups excluding carboxylic acids is 1. The van der Waals surface area contributed by atoms with Gasteiger partial charge in [0, 0.05) is 5.69 Å². The van der Waals surface area contributed by atoms with E-state index in [0.717, 1.165) is 11.4 Å². The first-order valence-corrected chi connectivity index (χ1v) is 7.71. The molecule has 8 nitrogen and oxygen atoms in total. The van der Waals surface area contributed by atoms with E-state index in [1.54, 1.807) is 30.8 Å². The average Bonchev–Trinajstić information content (AvgIpc) is 3.17. The molecule has 0 fully saturated rings. The Hall–Kier alpha value is -3.42. The number of para-hydroxylation sites is 2. The summed E-state index contributed by atoms with van der Waals surface area (Å²) in [6, 6.07) is 14.3. The van der Waals surface area contributed by atoms with Gasteiger partial charge in [0.15, 0.2) is 0 Å². The van der Waals surface area contributed by atoms with Crippen molar-refractivity contribution in [2.45, 2.75) is 13.0 Å². The van der Waals surface area contributed by atoms with E-state index in [2.05, 4.69) is 26.2 Å². The molecule has 0 aliphatic heterocycles. The van der Waals surface area contributed by atoms with E-state index in [1.807, 2.05) is 36.4 Å². The molecule has 3 aromatic rings. The van der Waals surface area contributed by atoms with E-state index >= 15 is 0 Å². The van der Waals surface area contributed by atoms with Crippen molar-refractivity contribution in [2.24, 2.45) is 0 Å². The second-order valence-corrected chi connectivity index (χ2v) is 5.36. The van der Waals surface area contributed by atoms with Crippen LogP contribution >= 0.6 is 0 Å². The Labute approximate surface area is 144 Å². The second kappa shape index (κ2) is 7.43. The van der Waals surface area contributed by atoms with Gasteiger partial charge in [-0.25, -0.2) is 4.68 Å². The number of amides is 1. The highest BCUT2D eigenvalue weighted by Gasteiger charge is 2.14. The molecule has 128 valence electrons. The monoisotopic (exact) mass is 338 g/mol. The van der Waals surface area contributed by atoms with Crippen molar-refractivity contribution in [3.63, 3.8) is 0 Å². The fourth-order valence-corrected chi connectivity index (χ4v) is 2.29. The van der Waals surface area contributed by atoms with Gasteiger partial charge >= 0.3 is 0 Å². The molecule has 0 aliphatic rings. The molecule has 1 amide bonds. The van der Waals surface area contributed by atoms with Gasteiger partial charge < -0.3 is 15.4 Å². The Kier molecular flexibility index (Phi) is 4.89. The quantitative estimate of drug-likeness (QED) is 0.715. The van der Waals surface area contributed by atoms with Crippen LogP contribution in [0.2, 0.25) is 0 Å². The molecule has 25 heavy (non-hydrogen) atoms. The molecule has 1 heterocycles. The van der Waals surface area contributed by atoms with Crippen molar-refractivity contribution in [1.82, 2.24) is 20.2 Å². The zero-order valence-corrected chi connectivity index (χ0v) is 13.9. The molecule has 0 radical (unpaired) electrons. The van der Waals surface area contributed by atoms with E-state index < -0.39 is 6.04 Å². The van der Waals surface area contributed by atoms with Crippen LogP contribution in [-0.4, -0.2) is 39.3 Å². The van der Waals surface area contributed by atoms with E-state index in [-0.39, 0.29) is 5.91 Å². The summed E-state index contributed by atoms with van der Waals surface area (Å²) in [5, 5.41) is 17.0. The molecule has 0 spiro atoms. The zero-order valence-electron chi connectivity index (χ0n) is 13.9. The SMILES string of the molecule is COc1ccccc1NC(=O)[C@@H](C)Nc1ccc(-n2cnnn2)cc1. The summed E-state index contributed by atoms with van der Waals surface area (Å²) in [7, 11) is 1.57. The third-order valence-corrected chi connectivity index (χ3v) is 3.62. The number of nitrogens with zero attached hydrogens (tertiary/aromatic N) is 4. The Morgan fingerprint density at radius 3 is 2.60 bits per heavy atom. The first-order valence-electron chi connectivity index (χ1n) is 7.71. The van der Waals surface area contributed by atoms with Gasteiger partial charge in [0.05, 0.1) is 18.5 Å². The fraction of sp³-hybridized carbons (Fsp3) is 0.176. The fourth-order valence-electron chi connectivity index (χ4n) is 2.29. The molecule has 1 aromatic heterocycles. The second-order valence-electron chi connectivity index (χ2n) is 5.36. The van der Waals surface area contributed by atoms with Crippen LogP contribution in [0.15, 0.2) is 54.9 Å². The van der Waals surface area contributed by atoms with Crippen LogP contribution in [0.5, 0.6) is 5.75 Å². The van der Waals surface area contributed by atoms with Crippen LogP contribution < -0.4 is 15.4 Å². The predicted molar refractivity (Wildman–Crippen MR) is 93.9 cm³/mol. The number of hydrogen-bond acceptors (Lipinski definition) is 6. The topological polar surface area (TPSA) is 94.0 Å². The van der Waals surface area contributed by atoms with Crippen LogP contribution in [0.3, 0.4) is 0 Å². The van der Waals surface area contributed by atoms with Crippen molar-refractivity contribution in [3.8, 4) is 11.4 Å². The molecule has 0 unspecified atom stereocenters. The number of hydrogen-bond donors (Lipinski definition) is 2. The highest BCUT2D eigenvalue weighted by molar-refractivity contribution is 5.97. The van der Waals surface area contributed by atoms with Crippen molar-refractivity contribution in [3.05, 3.63) is 54.9 Å². The van der Waals surface area contributed by atoms with Gasteiger partial charge in [-0.15, -0.1) is 5.10 Å². The van der Waals surface area contributed by atoms with Gasteiger partial charge in [-0.05, 0) is 53.7 Å². The van der Waals surface area contributed by atoms with Crippen LogP contribution in [0.4, 0.5) is 11.4 Å². The van der Waals surface area contributed by atoms with Gasteiger partial charge in [-0.2, -0.15) is 0 Å². The van der Waals surface area contributed by atoms with Crippen LogP contribution in [0, 0.1) is 0 Å². The minimum atomic E-state index is -0.427. The number of nitrogens with one attached hydrogen (secondary N) is 2. The first-order chi connectivity index (χ1) is 12.2. The van der Waals surface area contributed by atoms with Gasteiger partial charge in [0.2, 0.25) is 5.91 Å². The maximum absolute atomic E-state index is 12.4. The number of methoxy groups -OCH3 is 1. The normalized spacial score (nSPS) is 11.6. The van der Waals surface area contributed by atoms with Crippen LogP contribution in [-0.2, 0) is 4.79 Å².